The number of amides is 1. The van der Waals surface area contributed by atoms with Gasteiger partial charge in [0.05, 0.1) is 46.2 Å². The smallest absolute Gasteiger partial charge is 0.295 e. The van der Waals surface area contributed by atoms with Crippen LogP contribution in [0.25, 0.3) is 5.76 Å². The van der Waals surface area contributed by atoms with E-state index in [1.165, 1.54) is 26.2 Å². The summed E-state index contributed by atoms with van der Waals surface area (Å²) in [5.41, 5.74) is 1.07. The number of benzene rings is 2. The van der Waals surface area contributed by atoms with Gasteiger partial charge in [0.15, 0.2) is 11.5 Å². The molecule has 0 unspecified atom stereocenters. The van der Waals surface area contributed by atoms with Gasteiger partial charge in [0.25, 0.3) is 11.7 Å². The molecule has 0 aromatic heterocycles. The van der Waals surface area contributed by atoms with Gasteiger partial charge < -0.3 is 29.0 Å². The number of nitrogens with zero attached hydrogens (tertiary/aromatic N) is 2. The Balaban J connectivity index is 1.73. The van der Waals surface area contributed by atoms with Crippen molar-refractivity contribution in [3.8, 4) is 17.2 Å². The number of ketones is 1. The maximum atomic E-state index is 13.3. The molecule has 2 aliphatic heterocycles. The molecule has 0 radical (unpaired) electrons. The van der Waals surface area contributed by atoms with Gasteiger partial charge in [-0.05, 0) is 36.2 Å². The fourth-order valence-corrected chi connectivity index (χ4v) is 4.70. The van der Waals surface area contributed by atoms with Crippen LogP contribution in [-0.4, -0.2) is 87.3 Å². The van der Waals surface area contributed by atoms with Crippen LogP contribution in [0.3, 0.4) is 0 Å². The normalized spacial score (nSPS) is 20.0. The molecule has 1 atom stereocenters. The molecule has 2 saturated heterocycles. The van der Waals surface area contributed by atoms with Crippen LogP contribution < -0.4 is 14.2 Å². The summed E-state index contributed by atoms with van der Waals surface area (Å²) in [4.78, 5) is 30.3. The van der Waals surface area contributed by atoms with Crippen molar-refractivity contribution in [2.75, 3.05) is 60.7 Å². The first-order valence-corrected chi connectivity index (χ1v) is 11.9. The van der Waals surface area contributed by atoms with E-state index in [4.69, 9.17) is 18.9 Å². The van der Waals surface area contributed by atoms with Gasteiger partial charge in [0, 0.05) is 31.7 Å². The zero-order valence-corrected chi connectivity index (χ0v) is 20.9. The molecule has 2 fully saturated rings. The summed E-state index contributed by atoms with van der Waals surface area (Å²) in [6.45, 7) is 4.20. The summed E-state index contributed by atoms with van der Waals surface area (Å²) in [6.07, 6.45) is 0.677. The highest BCUT2D eigenvalue weighted by molar-refractivity contribution is 6.46. The predicted octanol–water partition coefficient (Wildman–Crippen LogP) is 2.86. The second-order valence-corrected chi connectivity index (χ2v) is 8.65. The average Bonchev–Trinajstić information content (AvgIpc) is 3.17. The third kappa shape index (κ3) is 5.17. The molecule has 9 heteroatoms. The Kier molecular flexibility index (Phi) is 8.12. The van der Waals surface area contributed by atoms with Crippen molar-refractivity contribution in [1.82, 2.24) is 9.80 Å². The molecule has 0 spiro atoms. The van der Waals surface area contributed by atoms with Gasteiger partial charge in [0.1, 0.15) is 11.5 Å². The van der Waals surface area contributed by atoms with Crippen LogP contribution in [0.2, 0.25) is 0 Å². The number of carbonyl (C=O) groups is 2. The van der Waals surface area contributed by atoms with Crippen molar-refractivity contribution < 1.29 is 33.6 Å². The molecule has 0 saturated carbocycles. The lowest BCUT2D eigenvalue weighted by Gasteiger charge is -2.29. The van der Waals surface area contributed by atoms with Crippen LogP contribution in [0.15, 0.2) is 48.0 Å². The number of hydrogen-bond acceptors (Lipinski definition) is 8. The summed E-state index contributed by atoms with van der Waals surface area (Å²) in [7, 11) is 4.59. The maximum absolute atomic E-state index is 13.3. The molecule has 4 rings (SSSR count). The van der Waals surface area contributed by atoms with E-state index in [1.807, 2.05) is 0 Å². The Labute approximate surface area is 210 Å². The summed E-state index contributed by atoms with van der Waals surface area (Å²) in [6, 6.07) is 11.2. The fraction of sp³-hybridized carbons (Fsp3) is 0.407. The van der Waals surface area contributed by atoms with Crippen molar-refractivity contribution in [2.45, 2.75) is 12.5 Å². The summed E-state index contributed by atoms with van der Waals surface area (Å²) in [5.74, 6) is -0.0829. The van der Waals surface area contributed by atoms with E-state index in [9.17, 15) is 14.7 Å². The number of methoxy groups -OCH3 is 3. The van der Waals surface area contributed by atoms with Crippen molar-refractivity contribution >= 4 is 17.4 Å². The van der Waals surface area contributed by atoms with Crippen LogP contribution in [-0.2, 0) is 14.3 Å². The van der Waals surface area contributed by atoms with E-state index in [1.54, 1.807) is 42.5 Å². The predicted molar refractivity (Wildman–Crippen MR) is 133 cm³/mol. The first kappa shape index (κ1) is 25.5. The van der Waals surface area contributed by atoms with Crippen LogP contribution in [0.4, 0.5) is 0 Å². The summed E-state index contributed by atoms with van der Waals surface area (Å²) in [5, 5.41) is 11.3. The standard InChI is InChI=1S/C27H32N2O7/c1-33-20-7-4-6-19(16-20)25(30)23-24(18-8-9-21(34-2)22(17-18)35-3)29(27(32)26(23)31)11-5-10-28-12-14-36-15-13-28/h4,6-9,16-17,24,30H,5,10-15H2,1-3H3/b25-23+/t24-/m1/s1. The van der Waals surface area contributed by atoms with Gasteiger partial charge in [-0.2, -0.15) is 0 Å². The number of Topliss-reactive ketones (excluding diaryl/α,β-unsaturated/α-hetero) is 1. The molecule has 0 bridgehead atoms. The number of carbonyl (C=O) groups excluding carboxylic acids is 2. The number of hydrogen-bond donors (Lipinski definition) is 1. The number of likely N-dealkylation sites (tertiary alicyclic amines) is 1. The second-order valence-electron chi connectivity index (χ2n) is 8.65. The van der Waals surface area contributed by atoms with Gasteiger partial charge in [-0.1, -0.05) is 18.2 Å². The number of aliphatic hydroxyl groups is 1. The average molecular weight is 497 g/mol. The Morgan fingerprint density at radius 1 is 0.972 bits per heavy atom. The molecule has 2 aromatic rings. The minimum absolute atomic E-state index is 0.0341. The van der Waals surface area contributed by atoms with E-state index in [0.29, 0.717) is 54.6 Å². The van der Waals surface area contributed by atoms with Crippen LogP contribution >= 0.6 is 0 Å². The molecule has 2 aliphatic rings. The third-order valence-electron chi connectivity index (χ3n) is 6.58. The van der Waals surface area contributed by atoms with Gasteiger partial charge in [-0.15, -0.1) is 0 Å². The van der Waals surface area contributed by atoms with Crippen molar-refractivity contribution in [1.29, 1.82) is 0 Å². The molecule has 1 N–H and O–H groups in total. The zero-order valence-electron chi connectivity index (χ0n) is 20.9. The number of ether oxygens (including phenoxy) is 4. The third-order valence-corrected chi connectivity index (χ3v) is 6.58. The maximum Gasteiger partial charge on any atom is 0.295 e. The van der Waals surface area contributed by atoms with Crippen molar-refractivity contribution in [2.24, 2.45) is 0 Å². The summed E-state index contributed by atoms with van der Waals surface area (Å²) < 4.78 is 21.5. The first-order valence-electron chi connectivity index (χ1n) is 11.9. The molecule has 192 valence electrons. The number of morpholine rings is 1. The fourth-order valence-electron chi connectivity index (χ4n) is 4.70. The number of rotatable bonds is 9. The quantitative estimate of drug-likeness (QED) is 0.322. The van der Waals surface area contributed by atoms with E-state index < -0.39 is 17.7 Å². The Bertz CT molecular complexity index is 1140. The van der Waals surface area contributed by atoms with E-state index in [-0.39, 0.29) is 11.3 Å². The number of aliphatic hydroxyl groups excluding tert-OH is 1. The monoisotopic (exact) mass is 496 g/mol. The topological polar surface area (TPSA) is 97.8 Å². The highest BCUT2D eigenvalue weighted by atomic mass is 16.5. The van der Waals surface area contributed by atoms with Gasteiger partial charge >= 0.3 is 0 Å². The SMILES string of the molecule is COc1cccc(/C(O)=C2\C(=O)C(=O)N(CCCN3CCOCC3)[C@@H]2c2ccc(OC)c(OC)c2)c1. The van der Waals surface area contributed by atoms with Crippen molar-refractivity contribution in [3.63, 3.8) is 0 Å². The van der Waals surface area contributed by atoms with Gasteiger partial charge in [0.2, 0.25) is 0 Å². The lowest BCUT2D eigenvalue weighted by atomic mass is 9.95. The highest BCUT2D eigenvalue weighted by Gasteiger charge is 2.46. The first-order chi connectivity index (χ1) is 17.5. The van der Waals surface area contributed by atoms with E-state index in [2.05, 4.69) is 4.90 Å². The molecule has 9 nitrogen and oxygen atoms in total. The van der Waals surface area contributed by atoms with Crippen LogP contribution in [0.5, 0.6) is 17.2 Å². The van der Waals surface area contributed by atoms with Gasteiger partial charge in [-0.3, -0.25) is 14.5 Å². The Morgan fingerprint density at radius 3 is 2.42 bits per heavy atom. The Morgan fingerprint density at radius 2 is 1.72 bits per heavy atom. The molecule has 2 heterocycles. The van der Waals surface area contributed by atoms with Crippen LogP contribution in [0, 0.1) is 0 Å². The molecule has 2 aromatic carbocycles. The second kappa shape index (κ2) is 11.5. The minimum Gasteiger partial charge on any atom is -0.507 e. The highest BCUT2D eigenvalue weighted by Crippen LogP contribution is 2.42. The minimum atomic E-state index is -0.777. The van der Waals surface area contributed by atoms with Crippen LogP contribution in [0.1, 0.15) is 23.6 Å². The van der Waals surface area contributed by atoms with E-state index in [0.717, 1.165) is 19.6 Å². The lowest BCUT2D eigenvalue weighted by molar-refractivity contribution is -0.140. The zero-order chi connectivity index (χ0) is 25.7. The van der Waals surface area contributed by atoms with E-state index >= 15 is 0 Å². The molecule has 1 amide bonds. The molecular formula is C27H32N2O7. The summed E-state index contributed by atoms with van der Waals surface area (Å²) >= 11 is 0. The van der Waals surface area contributed by atoms with Crippen molar-refractivity contribution in [3.05, 3.63) is 59.2 Å². The molecule has 0 aliphatic carbocycles. The lowest BCUT2D eigenvalue weighted by Crippen LogP contribution is -2.38. The van der Waals surface area contributed by atoms with Gasteiger partial charge in [-0.25, -0.2) is 0 Å². The largest absolute Gasteiger partial charge is 0.507 e. The Hall–Kier alpha value is -3.56. The molecular weight excluding hydrogens is 464 g/mol. The molecule has 36 heavy (non-hydrogen) atoms.